The van der Waals surface area contributed by atoms with Crippen molar-refractivity contribution < 1.29 is 9.31 Å². The molecule has 0 aromatic heterocycles. The molecule has 0 radical (unpaired) electrons. The maximum atomic E-state index is 13.2. The van der Waals surface area contributed by atoms with Crippen molar-refractivity contribution in [1.29, 1.82) is 0 Å². The highest BCUT2D eigenvalue weighted by molar-refractivity contribution is 5.35. The van der Waals surface area contributed by atoms with Crippen molar-refractivity contribution >= 4 is 5.69 Å². The van der Waals surface area contributed by atoms with Gasteiger partial charge < -0.3 is 5.32 Å². The van der Waals surface area contributed by atoms with Gasteiger partial charge in [0.2, 0.25) is 0 Å². The van der Waals surface area contributed by atoms with Crippen LogP contribution in [0.15, 0.2) is 18.2 Å². The summed E-state index contributed by atoms with van der Waals surface area (Å²) in [6.45, 7) is 5.55. The fourth-order valence-corrected chi connectivity index (χ4v) is 1.84. The predicted octanol–water partition coefficient (Wildman–Crippen LogP) is 3.26. The largest absolute Gasteiger partial charge is 0.312 e. The Balaban J connectivity index is 2.59. The van der Waals surface area contributed by atoms with Crippen molar-refractivity contribution in [2.24, 2.45) is 5.92 Å². The molecule has 0 saturated heterocycles. The number of nitro benzene ring substituents is 1. The minimum absolute atomic E-state index is 0.200. The molecular weight excluding hydrogens is 235 g/mol. The number of benzene rings is 1. The van der Waals surface area contributed by atoms with E-state index in [9.17, 15) is 14.5 Å². The summed E-state index contributed by atoms with van der Waals surface area (Å²) in [5, 5.41) is 13.8. The summed E-state index contributed by atoms with van der Waals surface area (Å²) in [6.07, 6.45) is 2.18. The quantitative estimate of drug-likeness (QED) is 0.600. The Morgan fingerprint density at radius 1 is 1.33 bits per heavy atom. The highest BCUT2D eigenvalue weighted by atomic mass is 19.1. The number of hydrogen-bond acceptors (Lipinski definition) is 3. The zero-order valence-electron chi connectivity index (χ0n) is 10.8. The lowest BCUT2D eigenvalue weighted by Crippen LogP contribution is -2.21. The summed E-state index contributed by atoms with van der Waals surface area (Å²) in [4.78, 5) is 10.0. The van der Waals surface area contributed by atoms with Crippen LogP contribution in [0.2, 0.25) is 0 Å². The van der Waals surface area contributed by atoms with E-state index in [1.807, 2.05) is 0 Å². The zero-order valence-corrected chi connectivity index (χ0v) is 10.8. The van der Waals surface area contributed by atoms with Crippen LogP contribution in [0.25, 0.3) is 0 Å². The molecule has 100 valence electrons. The first-order valence-corrected chi connectivity index (χ1v) is 6.21. The summed E-state index contributed by atoms with van der Waals surface area (Å²) in [7, 11) is 0. The third-order valence-corrected chi connectivity index (χ3v) is 3.07. The number of nitrogens with zero attached hydrogens (tertiary/aromatic N) is 1. The van der Waals surface area contributed by atoms with Crippen LogP contribution < -0.4 is 5.32 Å². The molecule has 0 aliphatic rings. The van der Waals surface area contributed by atoms with Gasteiger partial charge in [-0.05, 0) is 24.1 Å². The van der Waals surface area contributed by atoms with Crippen molar-refractivity contribution in [2.75, 3.05) is 6.54 Å². The topological polar surface area (TPSA) is 55.2 Å². The number of nitrogens with one attached hydrogen (secondary N) is 1. The molecule has 0 aliphatic heterocycles. The first-order valence-electron chi connectivity index (χ1n) is 6.21. The van der Waals surface area contributed by atoms with Gasteiger partial charge in [-0.15, -0.1) is 0 Å². The van der Waals surface area contributed by atoms with Gasteiger partial charge in [0.05, 0.1) is 11.0 Å². The Bertz CT molecular complexity index is 406. The van der Waals surface area contributed by atoms with E-state index in [4.69, 9.17) is 0 Å². The van der Waals surface area contributed by atoms with E-state index >= 15 is 0 Å². The first-order chi connectivity index (χ1) is 8.56. The van der Waals surface area contributed by atoms with Crippen LogP contribution in [0.3, 0.4) is 0 Å². The van der Waals surface area contributed by atoms with E-state index < -0.39 is 10.7 Å². The third-order valence-electron chi connectivity index (χ3n) is 3.07. The molecule has 0 atom stereocenters. The van der Waals surface area contributed by atoms with Gasteiger partial charge >= 0.3 is 0 Å². The summed E-state index contributed by atoms with van der Waals surface area (Å²) < 4.78 is 13.2. The van der Waals surface area contributed by atoms with Gasteiger partial charge in [-0.3, -0.25) is 10.1 Å². The Kier molecular flexibility index (Phi) is 5.71. The molecule has 0 heterocycles. The highest BCUT2D eigenvalue weighted by Crippen LogP contribution is 2.16. The molecular formula is C13H19FN2O2. The molecule has 1 rings (SSSR count). The Labute approximate surface area is 106 Å². The second-order valence-electron chi connectivity index (χ2n) is 4.39. The van der Waals surface area contributed by atoms with Gasteiger partial charge in [-0.1, -0.05) is 26.7 Å². The lowest BCUT2D eigenvalue weighted by molar-refractivity contribution is -0.385. The monoisotopic (exact) mass is 254 g/mol. The lowest BCUT2D eigenvalue weighted by Gasteiger charge is -2.13. The molecule has 0 amide bonds. The van der Waals surface area contributed by atoms with Crippen molar-refractivity contribution in [3.05, 3.63) is 39.7 Å². The van der Waals surface area contributed by atoms with Crippen LogP contribution in [0, 0.1) is 21.8 Å². The summed E-state index contributed by atoms with van der Waals surface area (Å²) >= 11 is 0. The molecule has 5 heteroatoms. The number of non-ortho nitro benzene ring substituents is 1. The lowest BCUT2D eigenvalue weighted by atomic mass is 10.0. The van der Waals surface area contributed by atoms with E-state index in [-0.39, 0.29) is 5.69 Å². The molecule has 0 spiro atoms. The minimum Gasteiger partial charge on any atom is -0.312 e. The van der Waals surface area contributed by atoms with E-state index in [0.29, 0.717) is 18.0 Å². The molecule has 0 bridgehead atoms. The van der Waals surface area contributed by atoms with Crippen LogP contribution in [-0.4, -0.2) is 11.5 Å². The van der Waals surface area contributed by atoms with Crippen molar-refractivity contribution in [3.8, 4) is 0 Å². The first kappa shape index (κ1) is 14.6. The Morgan fingerprint density at radius 2 is 2.00 bits per heavy atom. The van der Waals surface area contributed by atoms with Crippen LogP contribution in [0.5, 0.6) is 0 Å². The van der Waals surface area contributed by atoms with Crippen LogP contribution >= 0.6 is 0 Å². The van der Waals surface area contributed by atoms with Gasteiger partial charge in [0, 0.05) is 12.6 Å². The average molecular weight is 254 g/mol. The fraction of sp³-hybridized carbons (Fsp3) is 0.538. The van der Waals surface area contributed by atoms with Gasteiger partial charge in [0.15, 0.2) is 0 Å². The molecule has 1 aromatic rings. The van der Waals surface area contributed by atoms with Gasteiger partial charge in [0.1, 0.15) is 5.82 Å². The second-order valence-corrected chi connectivity index (χ2v) is 4.39. The van der Waals surface area contributed by atoms with E-state index in [0.717, 1.165) is 25.5 Å². The van der Waals surface area contributed by atoms with Gasteiger partial charge in [0.25, 0.3) is 5.69 Å². The average Bonchev–Trinajstić information content (AvgIpc) is 2.34. The van der Waals surface area contributed by atoms with Crippen LogP contribution in [-0.2, 0) is 6.54 Å². The van der Waals surface area contributed by atoms with Crippen LogP contribution in [0.4, 0.5) is 10.1 Å². The molecule has 0 saturated carbocycles. The maximum absolute atomic E-state index is 13.2. The number of rotatable bonds is 7. The second kappa shape index (κ2) is 7.06. The number of hydrogen-bond donors (Lipinski definition) is 1. The molecule has 0 unspecified atom stereocenters. The zero-order chi connectivity index (χ0) is 13.5. The van der Waals surface area contributed by atoms with Crippen molar-refractivity contribution in [3.63, 3.8) is 0 Å². The summed E-state index contributed by atoms with van der Waals surface area (Å²) in [5.41, 5.74) is 0.405. The Hall–Kier alpha value is -1.49. The smallest absolute Gasteiger partial charge is 0.272 e. The summed E-state index contributed by atoms with van der Waals surface area (Å²) in [5.74, 6) is 0.0251. The molecule has 4 nitrogen and oxygen atoms in total. The maximum Gasteiger partial charge on any atom is 0.272 e. The molecule has 1 N–H and O–H groups in total. The molecule has 0 aliphatic carbocycles. The highest BCUT2D eigenvalue weighted by Gasteiger charge is 2.10. The molecule has 0 fully saturated rings. The van der Waals surface area contributed by atoms with Gasteiger partial charge in [-0.2, -0.15) is 0 Å². The van der Waals surface area contributed by atoms with Crippen LogP contribution in [0.1, 0.15) is 32.3 Å². The summed E-state index contributed by atoms with van der Waals surface area (Å²) in [6, 6.07) is 3.67. The Morgan fingerprint density at radius 3 is 2.56 bits per heavy atom. The van der Waals surface area contributed by atoms with E-state index in [1.165, 1.54) is 12.1 Å². The van der Waals surface area contributed by atoms with Crippen molar-refractivity contribution in [2.45, 2.75) is 33.2 Å². The van der Waals surface area contributed by atoms with Crippen molar-refractivity contribution in [1.82, 2.24) is 5.32 Å². The van der Waals surface area contributed by atoms with E-state index in [2.05, 4.69) is 19.2 Å². The fourth-order valence-electron chi connectivity index (χ4n) is 1.84. The van der Waals surface area contributed by atoms with E-state index in [1.54, 1.807) is 0 Å². The number of nitro groups is 1. The number of halogens is 1. The molecule has 1 aromatic carbocycles. The molecule has 18 heavy (non-hydrogen) atoms. The predicted molar refractivity (Wildman–Crippen MR) is 68.8 cm³/mol. The van der Waals surface area contributed by atoms with Gasteiger partial charge in [-0.25, -0.2) is 4.39 Å². The SMILES string of the molecule is CCC(CC)CNCc1cc(F)cc([N+](=O)[O-])c1. The normalized spacial score (nSPS) is 10.9. The standard InChI is InChI=1S/C13H19FN2O2/c1-3-10(4-2)8-15-9-11-5-12(14)7-13(6-11)16(17)18/h5-7,10,15H,3-4,8-9H2,1-2H3. The third kappa shape index (κ3) is 4.41. The minimum atomic E-state index is -0.576.